The van der Waals surface area contributed by atoms with Gasteiger partial charge in [-0.25, -0.2) is 0 Å². The molecule has 0 unspecified atom stereocenters. The lowest BCUT2D eigenvalue weighted by Gasteiger charge is -2.20. The molecule has 2 heterocycles. The number of halogens is 1. The number of likely N-dealkylation sites (tertiary alicyclic amines) is 1. The second-order valence-corrected chi connectivity index (χ2v) is 6.51. The van der Waals surface area contributed by atoms with Gasteiger partial charge in [0.25, 0.3) is 0 Å². The summed E-state index contributed by atoms with van der Waals surface area (Å²) in [5, 5.41) is 10.9. The molecule has 8 heteroatoms. The van der Waals surface area contributed by atoms with Crippen LogP contribution in [0.1, 0.15) is 44.6 Å². The third-order valence-electron chi connectivity index (χ3n) is 4.27. The van der Waals surface area contributed by atoms with Gasteiger partial charge in [-0.2, -0.15) is 5.10 Å². The number of aryl methyl sites for hydroxylation is 1. The van der Waals surface area contributed by atoms with Crippen LogP contribution in [0.4, 0.5) is 0 Å². The van der Waals surface area contributed by atoms with Gasteiger partial charge in [0.15, 0.2) is 5.96 Å². The Labute approximate surface area is 174 Å². The summed E-state index contributed by atoms with van der Waals surface area (Å²) in [6.07, 6.45) is 8.85. The SMILES string of the molecule is CCNC(=NCCCN1CCCCCC1=O)NCCn1cc(C)cn1.I. The highest BCUT2D eigenvalue weighted by molar-refractivity contribution is 14.0. The van der Waals surface area contributed by atoms with E-state index in [1.54, 1.807) is 0 Å². The zero-order valence-electron chi connectivity index (χ0n) is 16.0. The summed E-state index contributed by atoms with van der Waals surface area (Å²) in [4.78, 5) is 18.6. The molecule has 1 aliphatic rings. The van der Waals surface area contributed by atoms with Crippen LogP contribution in [0.25, 0.3) is 0 Å². The zero-order chi connectivity index (χ0) is 17.9. The van der Waals surface area contributed by atoms with E-state index in [-0.39, 0.29) is 24.0 Å². The van der Waals surface area contributed by atoms with Crippen molar-refractivity contribution in [3.05, 3.63) is 18.0 Å². The van der Waals surface area contributed by atoms with E-state index >= 15 is 0 Å². The summed E-state index contributed by atoms with van der Waals surface area (Å²) < 4.78 is 1.93. The van der Waals surface area contributed by atoms with Crippen LogP contribution >= 0.6 is 24.0 Å². The van der Waals surface area contributed by atoms with Crippen LogP contribution in [0.5, 0.6) is 0 Å². The molecule has 1 saturated heterocycles. The summed E-state index contributed by atoms with van der Waals surface area (Å²) in [7, 11) is 0. The molecule has 1 fully saturated rings. The number of hydrogen-bond acceptors (Lipinski definition) is 3. The molecule has 7 nitrogen and oxygen atoms in total. The highest BCUT2D eigenvalue weighted by Gasteiger charge is 2.15. The van der Waals surface area contributed by atoms with Crippen molar-refractivity contribution in [2.45, 2.75) is 52.5 Å². The Morgan fingerprint density at radius 2 is 2.12 bits per heavy atom. The Hall–Kier alpha value is -1.32. The Morgan fingerprint density at radius 3 is 2.85 bits per heavy atom. The van der Waals surface area contributed by atoms with Gasteiger partial charge in [-0.05, 0) is 38.7 Å². The van der Waals surface area contributed by atoms with Gasteiger partial charge in [0.2, 0.25) is 5.91 Å². The van der Waals surface area contributed by atoms with E-state index in [9.17, 15) is 4.79 Å². The van der Waals surface area contributed by atoms with E-state index in [2.05, 4.69) is 27.6 Å². The fraction of sp³-hybridized carbons (Fsp3) is 0.722. The molecular weight excluding hydrogens is 443 g/mol. The molecule has 1 aromatic rings. The largest absolute Gasteiger partial charge is 0.357 e. The molecule has 2 N–H and O–H groups in total. The molecule has 0 bridgehead atoms. The van der Waals surface area contributed by atoms with Crippen molar-refractivity contribution in [1.29, 1.82) is 0 Å². The summed E-state index contributed by atoms with van der Waals surface area (Å²) in [5.41, 5.74) is 1.17. The molecule has 0 saturated carbocycles. The summed E-state index contributed by atoms with van der Waals surface area (Å²) >= 11 is 0. The molecule has 2 rings (SSSR count). The van der Waals surface area contributed by atoms with E-state index in [0.717, 1.165) is 64.5 Å². The molecule has 1 amide bonds. The first-order chi connectivity index (χ1) is 12.2. The van der Waals surface area contributed by atoms with Crippen LogP contribution in [0.2, 0.25) is 0 Å². The third kappa shape index (κ3) is 8.37. The minimum Gasteiger partial charge on any atom is -0.357 e. The van der Waals surface area contributed by atoms with Crippen LogP contribution in [0.15, 0.2) is 17.4 Å². The van der Waals surface area contributed by atoms with Gasteiger partial charge in [-0.15, -0.1) is 24.0 Å². The fourth-order valence-electron chi connectivity index (χ4n) is 2.95. The van der Waals surface area contributed by atoms with E-state index in [4.69, 9.17) is 0 Å². The number of hydrogen-bond donors (Lipinski definition) is 2. The Bertz CT molecular complexity index is 560. The number of nitrogens with one attached hydrogen (secondary N) is 2. The van der Waals surface area contributed by atoms with Crippen LogP contribution in [-0.4, -0.2) is 59.3 Å². The number of carbonyl (C=O) groups is 1. The summed E-state index contributed by atoms with van der Waals surface area (Å²) in [5.74, 6) is 1.13. The molecule has 0 spiro atoms. The van der Waals surface area contributed by atoms with Gasteiger partial charge in [-0.3, -0.25) is 14.5 Å². The maximum absolute atomic E-state index is 12.0. The van der Waals surface area contributed by atoms with Gasteiger partial charge in [0, 0.05) is 45.3 Å². The standard InChI is InChI=1S/C18H32N6O.HI/c1-3-19-18(21-10-13-24-15-16(2)14-22-24)20-9-7-12-23-11-6-4-5-8-17(23)25;/h14-15H,3-13H2,1-2H3,(H2,19,20,21);1H. The third-order valence-corrected chi connectivity index (χ3v) is 4.27. The monoisotopic (exact) mass is 476 g/mol. The molecule has 0 atom stereocenters. The number of rotatable bonds is 8. The first kappa shape index (κ1) is 22.7. The first-order valence-electron chi connectivity index (χ1n) is 9.48. The molecule has 0 aromatic carbocycles. The van der Waals surface area contributed by atoms with Crippen LogP contribution < -0.4 is 10.6 Å². The predicted octanol–water partition coefficient (Wildman–Crippen LogP) is 2.16. The van der Waals surface area contributed by atoms with Gasteiger partial charge in [0.1, 0.15) is 0 Å². The Balaban J connectivity index is 0.00000338. The van der Waals surface area contributed by atoms with Crippen molar-refractivity contribution < 1.29 is 4.79 Å². The minimum atomic E-state index is 0. The van der Waals surface area contributed by atoms with Crippen molar-refractivity contribution in [3.63, 3.8) is 0 Å². The van der Waals surface area contributed by atoms with Crippen LogP contribution in [0.3, 0.4) is 0 Å². The quantitative estimate of drug-likeness (QED) is 0.261. The smallest absolute Gasteiger partial charge is 0.222 e. The maximum atomic E-state index is 12.0. The average molecular weight is 476 g/mol. The number of nitrogens with zero attached hydrogens (tertiary/aromatic N) is 4. The average Bonchev–Trinajstić information content (AvgIpc) is 2.90. The van der Waals surface area contributed by atoms with Crippen molar-refractivity contribution in [1.82, 2.24) is 25.3 Å². The molecule has 0 radical (unpaired) electrons. The lowest BCUT2D eigenvalue weighted by Crippen LogP contribution is -2.39. The molecule has 26 heavy (non-hydrogen) atoms. The van der Waals surface area contributed by atoms with Crippen LogP contribution in [-0.2, 0) is 11.3 Å². The van der Waals surface area contributed by atoms with Crippen molar-refractivity contribution >= 4 is 35.8 Å². The zero-order valence-corrected chi connectivity index (χ0v) is 18.4. The minimum absolute atomic E-state index is 0. The van der Waals surface area contributed by atoms with Crippen molar-refractivity contribution in [2.24, 2.45) is 4.99 Å². The fourth-order valence-corrected chi connectivity index (χ4v) is 2.95. The molecule has 1 aliphatic heterocycles. The second-order valence-electron chi connectivity index (χ2n) is 6.51. The molecule has 0 aliphatic carbocycles. The van der Waals surface area contributed by atoms with E-state index in [1.807, 2.05) is 28.9 Å². The van der Waals surface area contributed by atoms with Gasteiger partial charge in [0.05, 0.1) is 12.7 Å². The first-order valence-corrected chi connectivity index (χ1v) is 9.48. The normalized spacial score (nSPS) is 15.4. The van der Waals surface area contributed by atoms with E-state index in [0.29, 0.717) is 12.3 Å². The number of aliphatic imine (C=N–C) groups is 1. The van der Waals surface area contributed by atoms with Crippen molar-refractivity contribution in [3.8, 4) is 0 Å². The highest BCUT2D eigenvalue weighted by Crippen LogP contribution is 2.11. The number of aromatic nitrogens is 2. The van der Waals surface area contributed by atoms with Crippen LogP contribution in [0, 0.1) is 6.92 Å². The Morgan fingerprint density at radius 1 is 1.27 bits per heavy atom. The van der Waals surface area contributed by atoms with Gasteiger partial charge >= 0.3 is 0 Å². The lowest BCUT2D eigenvalue weighted by atomic mass is 10.2. The number of amides is 1. The Kier molecular flexibility index (Phi) is 11.3. The predicted molar refractivity (Wildman–Crippen MR) is 116 cm³/mol. The molecule has 1 aromatic heterocycles. The van der Waals surface area contributed by atoms with Gasteiger partial charge in [-0.1, -0.05) is 6.42 Å². The van der Waals surface area contributed by atoms with Crippen molar-refractivity contribution in [2.75, 3.05) is 32.7 Å². The molecule has 148 valence electrons. The maximum Gasteiger partial charge on any atom is 0.222 e. The summed E-state index contributed by atoms with van der Waals surface area (Å²) in [6.45, 7) is 8.95. The van der Waals surface area contributed by atoms with E-state index < -0.39 is 0 Å². The van der Waals surface area contributed by atoms with Gasteiger partial charge < -0.3 is 15.5 Å². The number of carbonyl (C=O) groups excluding carboxylic acids is 1. The lowest BCUT2D eigenvalue weighted by molar-refractivity contribution is -0.130. The molecular formula is C18H33IN6O. The number of guanidine groups is 1. The highest BCUT2D eigenvalue weighted by atomic mass is 127. The van der Waals surface area contributed by atoms with E-state index in [1.165, 1.54) is 12.0 Å². The summed E-state index contributed by atoms with van der Waals surface area (Å²) in [6, 6.07) is 0. The second kappa shape index (κ2) is 12.9. The topological polar surface area (TPSA) is 74.6 Å².